The average Bonchev–Trinajstić information content (AvgIpc) is 3.31. The van der Waals surface area contributed by atoms with Crippen LogP contribution in [0.3, 0.4) is 0 Å². The highest BCUT2D eigenvalue weighted by atomic mass is 15.3. The monoisotopic (exact) mass is 339 g/mol. The molecule has 0 saturated carbocycles. The van der Waals surface area contributed by atoms with Gasteiger partial charge >= 0.3 is 0 Å². The van der Waals surface area contributed by atoms with Crippen molar-refractivity contribution in [3.8, 4) is 5.69 Å². The molecule has 0 unspecified atom stereocenters. The summed E-state index contributed by atoms with van der Waals surface area (Å²) >= 11 is 0. The quantitative estimate of drug-likeness (QED) is 0.517. The minimum Gasteiger partial charge on any atom is -0.338 e. The van der Waals surface area contributed by atoms with Gasteiger partial charge in [0.1, 0.15) is 5.52 Å². The number of para-hydroxylation sites is 1. The van der Waals surface area contributed by atoms with Crippen molar-refractivity contribution in [2.24, 2.45) is 0 Å². The summed E-state index contributed by atoms with van der Waals surface area (Å²) in [7, 11) is 0. The van der Waals surface area contributed by atoms with Crippen molar-refractivity contribution in [1.82, 2.24) is 19.2 Å². The normalized spacial score (nSPS) is 11.3. The number of fused-ring (bicyclic) bond motifs is 3. The Balaban J connectivity index is 1.69. The van der Waals surface area contributed by atoms with Crippen LogP contribution in [0.25, 0.3) is 22.4 Å². The van der Waals surface area contributed by atoms with Gasteiger partial charge in [0.05, 0.1) is 17.4 Å². The summed E-state index contributed by atoms with van der Waals surface area (Å²) in [6.07, 6.45) is 3.85. The smallest absolute Gasteiger partial charge is 0.167 e. The molecule has 2 aromatic carbocycles. The summed E-state index contributed by atoms with van der Waals surface area (Å²) in [5.41, 5.74) is 6.06. The number of hydrogen-bond acceptors (Lipinski definition) is 3. The van der Waals surface area contributed by atoms with Gasteiger partial charge in [0, 0.05) is 11.9 Å². The summed E-state index contributed by atoms with van der Waals surface area (Å²) in [5.74, 6) is 0.818. The molecule has 3 aromatic heterocycles. The third kappa shape index (κ3) is 2.33. The second kappa shape index (κ2) is 5.74. The first-order valence-electron chi connectivity index (χ1n) is 8.53. The van der Waals surface area contributed by atoms with Crippen LogP contribution >= 0.6 is 0 Å². The largest absolute Gasteiger partial charge is 0.338 e. The Morgan fingerprint density at radius 1 is 0.885 bits per heavy atom. The van der Waals surface area contributed by atoms with E-state index in [0.717, 1.165) is 33.9 Å². The van der Waals surface area contributed by atoms with Crippen LogP contribution in [0, 0.1) is 6.92 Å². The maximum absolute atomic E-state index is 4.82. The molecule has 5 aromatic rings. The summed E-state index contributed by atoms with van der Waals surface area (Å²) < 4.78 is 4.05. The van der Waals surface area contributed by atoms with Crippen molar-refractivity contribution >= 4 is 28.2 Å². The standard InChI is InChI=1S/C21H17N5/c1-15-9-11-16(12-10-15)23-20-19-8-5-13-25(19)21-18(24-20)14-22-26(21)17-6-3-2-4-7-17/h2-14H,1H3,(H,23,24). The second-order valence-electron chi connectivity index (χ2n) is 6.32. The molecule has 0 atom stereocenters. The molecular weight excluding hydrogens is 322 g/mol. The molecule has 1 N–H and O–H groups in total. The molecule has 0 aliphatic rings. The molecule has 5 nitrogen and oxygen atoms in total. The molecule has 0 radical (unpaired) electrons. The van der Waals surface area contributed by atoms with Crippen LogP contribution in [0.2, 0.25) is 0 Å². The predicted octanol–water partition coefficient (Wildman–Crippen LogP) is 4.73. The topological polar surface area (TPSA) is 47.2 Å². The van der Waals surface area contributed by atoms with Crippen molar-refractivity contribution in [2.75, 3.05) is 5.32 Å². The average molecular weight is 339 g/mol. The highest BCUT2D eigenvalue weighted by Crippen LogP contribution is 2.26. The van der Waals surface area contributed by atoms with Crippen LogP contribution < -0.4 is 5.32 Å². The van der Waals surface area contributed by atoms with Crippen molar-refractivity contribution in [3.63, 3.8) is 0 Å². The van der Waals surface area contributed by atoms with Crippen molar-refractivity contribution in [2.45, 2.75) is 6.92 Å². The van der Waals surface area contributed by atoms with Gasteiger partial charge < -0.3 is 5.32 Å². The summed E-state index contributed by atoms with van der Waals surface area (Å²) in [4.78, 5) is 4.82. The van der Waals surface area contributed by atoms with E-state index < -0.39 is 0 Å². The molecule has 3 heterocycles. The zero-order valence-electron chi connectivity index (χ0n) is 14.3. The molecule has 0 amide bonds. The van der Waals surface area contributed by atoms with Gasteiger partial charge in [0.25, 0.3) is 0 Å². The summed E-state index contributed by atoms with van der Waals surface area (Å²) in [5, 5.41) is 7.99. The molecule has 0 fully saturated rings. The van der Waals surface area contributed by atoms with Crippen molar-refractivity contribution < 1.29 is 0 Å². The molecule has 0 aliphatic heterocycles. The number of anilines is 2. The van der Waals surface area contributed by atoms with Crippen molar-refractivity contribution in [3.05, 3.63) is 84.7 Å². The Bertz CT molecular complexity index is 1200. The lowest BCUT2D eigenvalue weighted by Crippen LogP contribution is -2.03. The Hall–Kier alpha value is -3.60. The Morgan fingerprint density at radius 3 is 2.50 bits per heavy atom. The van der Waals surface area contributed by atoms with E-state index in [4.69, 9.17) is 4.98 Å². The fourth-order valence-corrected chi connectivity index (χ4v) is 3.20. The fraction of sp³-hybridized carbons (Fsp3) is 0.0476. The molecular formula is C21H17N5. The zero-order valence-corrected chi connectivity index (χ0v) is 14.3. The third-order valence-corrected chi connectivity index (χ3v) is 4.49. The van der Waals surface area contributed by atoms with Crippen LogP contribution in [0.15, 0.2) is 79.1 Å². The highest BCUT2D eigenvalue weighted by molar-refractivity contribution is 5.85. The zero-order chi connectivity index (χ0) is 17.5. The van der Waals surface area contributed by atoms with Crippen LogP contribution in [0.1, 0.15) is 5.56 Å². The first kappa shape index (κ1) is 14.7. The highest BCUT2D eigenvalue weighted by Gasteiger charge is 2.14. The molecule has 26 heavy (non-hydrogen) atoms. The number of benzene rings is 2. The molecule has 0 bridgehead atoms. The first-order valence-corrected chi connectivity index (χ1v) is 8.53. The number of aryl methyl sites for hydroxylation is 1. The van der Waals surface area contributed by atoms with E-state index in [0.29, 0.717) is 0 Å². The Morgan fingerprint density at radius 2 is 1.69 bits per heavy atom. The van der Waals surface area contributed by atoms with Crippen LogP contribution in [0.4, 0.5) is 11.5 Å². The number of rotatable bonds is 3. The van der Waals surface area contributed by atoms with E-state index in [1.807, 2.05) is 53.5 Å². The third-order valence-electron chi connectivity index (χ3n) is 4.49. The van der Waals surface area contributed by atoms with E-state index in [1.165, 1.54) is 5.56 Å². The Kier molecular flexibility index (Phi) is 3.25. The van der Waals surface area contributed by atoms with E-state index in [-0.39, 0.29) is 0 Å². The molecule has 5 rings (SSSR count). The maximum Gasteiger partial charge on any atom is 0.167 e. The molecule has 0 saturated heterocycles. The SMILES string of the molecule is Cc1ccc(Nc2nc3cnn(-c4ccccc4)c3n3cccc23)cc1. The van der Waals surface area contributed by atoms with Gasteiger partial charge in [-0.15, -0.1) is 0 Å². The number of nitrogens with zero attached hydrogens (tertiary/aromatic N) is 4. The lowest BCUT2D eigenvalue weighted by Gasteiger charge is -2.11. The van der Waals surface area contributed by atoms with Gasteiger partial charge in [-0.05, 0) is 43.3 Å². The van der Waals surface area contributed by atoms with Gasteiger partial charge in [-0.2, -0.15) is 5.10 Å². The minimum absolute atomic E-state index is 0.818. The van der Waals surface area contributed by atoms with Gasteiger partial charge in [0.15, 0.2) is 11.5 Å². The molecule has 126 valence electrons. The van der Waals surface area contributed by atoms with Crippen LogP contribution in [-0.2, 0) is 0 Å². The lowest BCUT2D eigenvalue weighted by atomic mass is 10.2. The van der Waals surface area contributed by atoms with Gasteiger partial charge in [-0.25, -0.2) is 9.67 Å². The summed E-state index contributed by atoms with van der Waals surface area (Å²) in [6, 6.07) is 22.5. The second-order valence-corrected chi connectivity index (χ2v) is 6.32. The van der Waals surface area contributed by atoms with Gasteiger partial charge in [-0.1, -0.05) is 35.9 Å². The van der Waals surface area contributed by atoms with E-state index in [2.05, 4.69) is 52.1 Å². The van der Waals surface area contributed by atoms with E-state index in [9.17, 15) is 0 Å². The van der Waals surface area contributed by atoms with E-state index >= 15 is 0 Å². The minimum atomic E-state index is 0.818. The predicted molar refractivity (Wildman–Crippen MR) is 104 cm³/mol. The number of aromatic nitrogens is 4. The van der Waals surface area contributed by atoms with E-state index in [1.54, 1.807) is 0 Å². The molecule has 0 spiro atoms. The van der Waals surface area contributed by atoms with Gasteiger partial charge in [-0.3, -0.25) is 4.40 Å². The lowest BCUT2D eigenvalue weighted by molar-refractivity contribution is 0.889. The summed E-state index contributed by atoms with van der Waals surface area (Å²) in [6.45, 7) is 2.08. The first-order chi connectivity index (χ1) is 12.8. The van der Waals surface area contributed by atoms with Crippen molar-refractivity contribution in [1.29, 1.82) is 0 Å². The molecule has 0 aliphatic carbocycles. The Labute approximate surface area is 150 Å². The van der Waals surface area contributed by atoms with Crippen LogP contribution in [0.5, 0.6) is 0 Å². The fourth-order valence-electron chi connectivity index (χ4n) is 3.20. The molecule has 5 heteroatoms. The maximum atomic E-state index is 4.82. The van der Waals surface area contributed by atoms with Gasteiger partial charge in [0.2, 0.25) is 0 Å². The van der Waals surface area contributed by atoms with Crippen LogP contribution in [-0.4, -0.2) is 19.2 Å². The number of hydrogen-bond donors (Lipinski definition) is 1. The number of nitrogens with one attached hydrogen (secondary N) is 1.